The highest BCUT2D eigenvalue weighted by Crippen LogP contribution is 2.18. The summed E-state index contributed by atoms with van der Waals surface area (Å²) < 4.78 is 10.1. The molecule has 0 saturated carbocycles. The van der Waals surface area contributed by atoms with Gasteiger partial charge in [-0.1, -0.05) is 29.8 Å². The van der Waals surface area contributed by atoms with E-state index in [2.05, 4.69) is 15.9 Å². The summed E-state index contributed by atoms with van der Waals surface area (Å²) in [5, 5.41) is 0.152. The second kappa shape index (κ2) is 8.09. The van der Waals surface area contributed by atoms with E-state index in [0.717, 1.165) is 0 Å². The summed E-state index contributed by atoms with van der Waals surface area (Å²) in [6, 6.07) is 2.93. The second-order valence-corrected chi connectivity index (χ2v) is 5.46. The molecular formula is C14H20BrNO4. The SMILES string of the molecule is COC(=O)[C@H](CC(C)C)N(Cc1ccco1)C(=O)CBr. The lowest BCUT2D eigenvalue weighted by molar-refractivity contribution is -0.153. The van der Waals surface area contributed by atoms with Crippen molar-refractivity contribution in [1.29, 1.82) is 0 Å². The molecule has 1 aromatic rings. The van der Waals surface area contributed by atoms with Gasteiger partial charge in [-0.3, -0.25) is 4.79 Å². The van der Waals surface area contributed by atoms with Crippen molar-refractivity contribution in [3.63, 3.8) is 0 Å². The summed E-state index contributed by atoms with van der Waals surface area (Å²) in [6.07, 6.45) is 2.09. The fraction of sp³-hybridized carbons (Fsp3) is 0.571. The number of hydrogen-bond donors (Lipinski definition) is 0. The van der Waals surface area contributed by atoms with Crippen LogP contribution in [0, 0.1) is 5.92 Å². The Balaban J connectivity index is 2.97. The Morgan fingerprint density at radius 3 is 2.60 bits per heavy atom. The quantitative estimate of drug-likeness (QED) is 0.562. The van der Waals surface area contributed by atoms with Crippen LogP contribution in [0.5, 0.6) is 0 Å². The molecule has 5 nitrogen and oxygen atoms in total. The molecule has 20 heavy (non-hydrogen) atoms. The normalized spacial score (nSPS) is 12.2. The average Bonchev–Trinajstić information content (AvgIpc) is 2.93. The molecule has 1 aromatic heterocycles. The van der Waals surface area contributed by atoms with E-state index in [9.17, 15) is 9.59 Å². The molecule has 0 fully saturated rings. The maximum Gasteiger partial charge on any atom is 0.328 e. The fourth-order valence-electron chi connectivity index (χ4n) is 1.95. The van der Waals surface area contributed by atoms with E-state index in [-0.39, 0.29) is 23.7 Å². The van der Waals surface area contributed by atoms with Crippen molar-refractivity contribution in [2.24, 2.45) is 5.92 Å². The van der Waals surface area contributed by atoms with Crippen LogP contribution in [0.3, 0.4) is 0 Å². The molecule has 0 aliphatic heterocycles. The monoisotopic (exact) mass is 345 g/mol. The second-order valence-electron chi connectivity index (χ2n) is 4.90. The Bertz CT molecular complexity index is 430. The number of ether oxygens (including phenoxy) is 1. The van der Waals surface area contributed by atoms with E-state index in [0.29, 0.717) is 12.2 Å². The minimum atomic E-state index is -0.602. The first-order valence-corrected chi connectivity index (χ1v) is 7.57. The van der Waals surface area contributed by atoms with Crippen molar-refractivity contribution in [2.75, 3.05) is 12.4 Å². The molecule has 1 atom stereocenters. The first-order chi connectivity index (χ1) is 9.49. The lowest BCUT2D eigenvalue weighted by atomic mass is 10.0. The molecule has 0 spiro atoms. The molecule has 0 saturated heterocycles. The van der Waals surface area contributed by atoms with Crippen molar-refractivity contribution in [1.82, 2.24) is 4.90 Å². The predicted molar refractivity (Wildman–Crippen MR) is 78.3 cm³/mol. The van der Waals surface area contributed by atoms with Crippen LogP contribution in [0.1, 0.15) is 26.0 Å². The lowest BCUT2D eigenvalue weighted by Crippen LogP contribution is -2.46. The zero-order chi connectivity index (χ0) is 15.1. The van der Waals surface area contributed by atoms with E-state index in [4.69, 9.17) is 9.15 Å². The molecule has 0 aromatic carbocycles. The predicted octanol–water partition coefficient (Wildman–Crippen LogP) is 2.59. The summed E-state index contributed by atoms with van der Waals surface area (Å²) in [4.78, 5) is 25.6. The number of hydrogen-bond acceptors (Lipinski definition) is 4. The molecular weight excluding hydrogens is 326 g/mol. The number of nitrogens with zero attached hydrogens (tertiary/aromatic N) is 1. The first kappa shape index (κ1) is 16.8. The van der Waals surface area contributed by atoms with Gasteiger partial charge in [0.15, 0.2) is 0 Å². The zero-order valence-electron chi connectivity index (χ0n) is 12.0. The molecule has 0 aliphatic carbocycles. The van der Waals surface area contributed by atoms with Gasteiger partial charge >= 0.3 is 5.97 Å². The van der Waals surface area contributed by atoms with Crippen LogP contribution in [0.4, 0.5) is 0 Å². The molecule has 0 N–H and O–H groups in total. The summed E-state index contributed by atoms with van der Waals surface area (Å²) in [7, 11) is 1.33. The minimum absolute atomic E-state index is 0.152. The Morgan fingerprint density at radius 1 is 1.45 bits per heavy atom. The van der Waals surface area contributed by atoms with Gasteiger partial charge < -0.3 is 14.1 Å². The summed E-state index contributed by atoms with van der Waals surface area (Å²) in [6.45, 7) is 4.25. The van der Waals surface area contributed by atoms with Gasteiger partial charge in [0.2, 0.25) is 5.91 Å². The van der Waals surface area contributed by atoms with Crippen LogP contribution in [-0.2, 0) is 20.9 Å². The molecule has 0 unspecified atom stereocenters. The Labute approximate surface area is 127 Å². The molecule has 112 valence electrons. The number of amides is 1. The first-order valence-electron chi connectivity index (χ1n) is 6.45. The van der Waals surface area contributed by atoms with Crippen LogP contribution >= 0.6 is 15.9 Å². The number of furan rings is 1. The molecule has 0 aliphatic rings. The van der Waals surface area contributed by atoms with Crippen LogP contribution in [0.2, 0.25) is 0 Å². The van der Waals surface area contributed by atoms with Gasteiger partial charge in [-0.2, -0.15) is 0 Å². The number of halogens is 1. The maximum atomic E-state index is 12.1. The van der Waals surface area contributed by atoms with E-state index in [1.54, 1.807) is 18.4 Å². The van der Waals surface area contributed by atoms with Crippen LogP contribution in [0.15, 0.2) is 22.8 Å². The molecule has 6 heteroatoms. The number of carbonyl (C=O) groups is 2. The zero-order valence-corrected chi connectivity index (χ0v) is 13.6. The van der Waals surface area contributed by atoms with E-state index in [1.807, 2.05) is 13.8 Å². The number of esters is 1. The molecule has 1 amide bonds. The third-order valence-corrected chi connectivity index (χ3v) is 3.36. The van der Waals surface area contributed by atoms with Gasteiger partial charge in [0, 0.05) is 0 Å². The van der Waals surface area contributed by atoms with Crippen molar-refractivity contribution in [2.45, 2.75) is 32.9 Å². The van der Waals surface area contributed by atoms with Crippen LogP contribution in [0.25, 0.3) is 0 Å². The van der Waals surface area contributed by atoms with Crippen LogP contribution in [-0.4, -0.2) is 35.3 Å². The third kappa shape index (κ3) is 4.67. The van der Waals surface area contributed by atoms with Gasteiger partial charge in [0.1, 0.15) is 11.8 Å². The smallest absolute Gasteiger partial charge is 0.328 e. The van der Waals surface area contributed by atoms with Gasteiger partial charge in [-0.25, -0.2) is 4.79 Å². The van der Waals surface area contributed by atoms with Crippen molar-refractivity contribution in [3.05, 3.63) is 24.2 Å². The van der Waals surface area contributed by atoms with E-state index in [1.165, 1.54) is 12.0 Å². The standard InChI is InChI=1S/C14H20BrNO4/c1-10(2)7-12(14(18)19-3)16(13(17)8-15)9-11-5-4-6-20-11/h4-6,10,12H,7-9H2,1-3H3/t12-/m0/s1. The highest BCUT2D eigenvalue weighted by molar-refractivity contribution is 9.09. The number of alkyl halides is 1. The molecule has 1 heterocycles. The van der Waals surface area contributed by atoms with E-state index >= 15 is 0 Å². The minimum Gasteiger partial charge on any atom is -0.467 e. The number of methoxy groups -OCH3 is 1. The number of rotatable bonds is 7. The van der Waals surface area contributed by atoms with Crippen LogP contribution < -0.4 is 0 Å². The summed E-state index contributed by atoms with van der Waals surface area (Å²) in [5.74, 6) is 0.329. The number of carbonyl (C=O) groups excluding carboxylic acids is 2. The summed E-state index contributed by atoms with van der Waals surface area (Å²) >= 11 is 3.15. The third-order valence-electron chi connectivity index (χ3n) is 2.89. The topological polar surface area (TPSA) is 59.8 Å². The lowest BCUT2D eigenvalue weighted by Gasteiger charge is -2.30. The molecule has 0 radical (unpaired) electrons. The highest BCUT2D eigenvalue weighted by Gasteiger charge is 2.31. The maximum absolute atomic E-state index is 12.1. The van der Waals surface area contributed by atoms with Gasteiger partial charge in [-0.15, -0.1) is 0 Å². The summed E-state index contributed by atoms with van der Waals surface area (Å²) in [5.41, 5.74) is 0. The van der Waals surface area contributed by atoms with E-state index < -0.39 is 12.0 Å². The fourth-order valence-corrected chi connectivity index (χ4v) is 2.27. The Hall–Kier alpha value is -1.30. The molecule has 0 bridgehead atoms. The largest absolute Gasteiger partial charge is 0.467 e. The Morgan fingerprint density at radius 2 is 2.15 bits per heavy atom. The van der Waals surface area contributed by atoms with Gasteiger partial charge in [0.05, 0.1) is 25.2 Å². The van der Waals surface area contributed by atoms with Crippen molar-refractivity contribution >= 4 is 27.8 Å². The Kier molecular flexibility index (Phi) is 6.78. The highest BCUT2D eigenvalue weighted by atomic mass is 79.9. The van der Waals surface area contributed by atoms with Crippen molar-refractivity contribution < 1.29 is 18.7 Å². The van der Waals surface area contributed by atoms with Gasteiger partial charge in [0.25, 0.3) is 0 Å². The average molecular weight is 346 g/mol. The molecule has 1 rings (SSSR count). The van der Waals surface area contributed by atoms with Crippen molar-refractivity contribution in [3.8, 4) is 0 Å². The van der Waals surface area contributed by atoms with Gasteiger partial charge in [-0.05, 0) is 24.5 Å².